The van der Waals surface area contributed by atoms with Gasteiger partial charge in [0.2, 0.25) is 5.91 Å². The molecule has 0 saturated heterocycles. The van der Waals surface area contributed by atoms with Crippen molar-refractivity contribution in [2.24, 2.45) is 0 Å². The van der Waals surface area contributed by atoms with E-state index in [1.165, 1.54) is 0 Å². The predicted molar refractivity (Wildman–Crippen MR) is 63.1 cm³/mol. The van der Waals surface area contributed by atoms with Gasteiger partial charge in [0, 0.05) is 19.3 Å². The minimum atomic E-state index is 0.0485. The van der Waals surface area contributed by atoms with Crippen LogP contribution in [0.5, 0.6) is 0 Å². The summed E-state index contributed by atoms with van der Waals surface area (Å²) in [5.74, 6) is 0.0485. The molecule has 0 unspecified atom stereocenters. The highest BCUT2D eigenvalue weighted by Crippen LogP contribution is 2.19. The molecule has 1 saturated carbocycles. The lowest BCUT2D eigenvalue weighted by atomic mass is 10.3. The van der Waals surface area contributed by atoms with Crippen molar-refractivity contribution in [2.75, 3.05) is 24.2 Å². The van der Waals surface area contributed by atoms with Gasteiger partial charge < -0.3 is 16.0 Å². The van der Waals surface area contributed by atoms with Gasteiger partial charge in [-0.05, 0) is 18.9 Å². The third-order valence-electron chi connectivity index (χ3n) is 2.51. The van der Waals surface area contributed by atoms with Gasteiger partial charge in [-0.15, -0.1) is 0 Å². The van der Waals surface area contributed by atoms with Crippen LogP contribution in [0.25, 0.3) is 0 Å². The Hall–Kier alpha value is -1.78. The van der Waals surface area contributed by atoms with Crippen LogP contribution in [0.15, 0.2) is 18.5 Å². The number of amides is 1. The van der Waals surface area contributed by atoms with E-state index in [4.69, 9.17) is 5.73 Å². The number of pyridine rings is 1. The predicted octanol–water partition coefficient (Wildman–Crippen LogP) is 0.379. The summed E-state index contributed by atoms with van der Waals surface area (Å²) >= 11 is 0. The number of hydrogen-bond acceptors (Lipinski definition) is 4. The third-order valence-corrected chi connectivity index (χ3v) is 2.51. The van der Waals surface area contributed by atoms with E-state index in [1.54, 1.807) is 18.5 Å². The van der Waals surface area contributed by atoms with Crippen LogP contribution in [0.4, 0.5) is 11.4 Å². The van der Waals surface area contributed by atoms with Crippen molar-refractivity contribution >= 4 is 17.3 Å². The van der Waals surface area contributed by atoms with Crippen LogP contribution in [0, 0.1) is 0 Å². The Morgan fingerprint density at radius 1 is 1.62 bits per heavy atom. The van der Waals surface area contributed by atoms with Gasteiger partial charge in [-0.3, -0.25) is 9.78 Å². The summed E-state index contributed by atoms with van der Waals surface area (Å²) in [6, 6.07) is 2.21. The van der Waals surface area contributed by atoms with E-state index >= 15 is 0 Å². The standard InChI is InChI=1S/C11H16N4O/c1-15(7-11(16)14-9-2-3-9)10-4-8(12)5-13-6-10/h4-6,9H,2-3,7,12H2,1H3,(H,14,16). The fourth-order valence-electron chi connectivity index (χ4n) is 1.46. The number of aromatic nitrogens is 1. The quantitative estimate of drug-likeness (QED) is 0.769. The molecule has 5 nitrogen and oxygen atoms in total. The molecule has 1 aliphatic carbocycles. The number of nitrogens with one attached hydrogen (secondary N) is 1. The monoisotopic (exact) mass is 220 g/mol. The Bertz CT molecular complexity index is 389. The highest BCUT2D eigenvalue weighted by molar-refractivity contribution is 5.81. The van der Waals surface area contributed by atoms with E-state index in [0.29, 0.717) is 18.3 Å². The number of carbonyl (C=O) groups excluding carboxylic acids is 1. The van der Waals surface area contributed by atoms with E-state index in [0.717, 1.165) is 18.5 Å². The Balaban J connectivity index is 1.91. The first-order chi connectivity index (χ1) is 7.65. The van der Waals surface area contributed by atoms with Crippen molar-refractivity contribution in [3.05, 3.63) is 18.5 Å². The van der Waals surface area contributed by atoms with Gasteiger partial charge in [0.1, 0.15) is 0 Å². The van der Waals surface area contributed by atoms with Gasteiger partial charge in [0.05, 0.1) is 24.1 Å². The Kier molecular flexibility index (Phi) is 2.94. The molecule has 2 rings (SSSR count). The Labute approximate surface area is 94.6 Å². The second-order valence-electron chi connectivity index (χ2n) is 4.17. The molecule has 1 heterocycles. The number of hydrogen-bond donors (Lipinski definition) is 2. The maximum Gasteiger partial charge on any atom is 0.239 e. The molecule has 1 aliphatic rings. The molecule has 5 heteroatoms. The van der Waals surface area contributed by atoms with E-state index in [9.17, 15) is 4.79 Å². The van der Waals surface area contributed by atoms with Gasteiger partial charge in [0.15, 0.2) is 0 Å². The summed E-state index contributed by atoms with van der Waals surface area (Å²) in [6.07, 6.45) is 5.49. The molecule has 1 fully saturated rings. The maximum atomic E-state index is 11.6. The first kappa shape index (κ1) is 10.7. The molecule has 16 heavy (non-hydrogen) atoms. The molecule has 0 radical (unpaired) electrons. The smallest absolute Gasteiger partial charge is 0.239 e. The van der Waals surface area contributed by atoms with Crippen molar-refractivity contribution in [1.82, 2.24) is 10.3 Å². The average molecular weight is 220 g/mol. The molecule has 0 atom stereocenters. The lowest BCUT2D eigenvalue weighted by Crippen LogP contribution is -2.36. The van der Waals surface area contributed by atoms with Crippen molar-refractivity contribution in [3.63, 3.8) is 0 Å². The van der Waals surface area contributed by atoms with Crippen LogP contribution in [-0.2, 0) is 4.79 Å². The van der Waals surface area contributed by atoms with E-state index in [1.807, 2.05) is 11.9 Å². The van der Waals surface area contributed by atoms with Crippen molar-refractivity contribution in [1.29, 1.82) is 0 Å². The van der Waals surface area contributed by atoms with E-state index < -0.39 is 0 Å². The summed E-state index contributed by atoms with van der Waals surface area (Å²) in [5.41, 5.74) is 7.08. The molecule has 1 aromatic heterocycles. The molecule has 0 spiro atoms. The summed E-state index contributed by atoms with van der Waals surface area (Å²) < 4.78 is 0. The number of nitrogen functional groups attached to an aromatic ring is 1. The number of rotatable bonds is 4. The fraction of sp³-hybridized carbons (Fsp3) is 0.455. The molecule has 0 bridgehead atoms. The molecule has 1 aromatic rings. The zero-order valence-electron chi connectivity index (χ0n) is 9.31. The van der Waals surface area contributed by atoms with Gasteiger partial charge in [-0.2, -0.15) is 0 Å². The third kappa shape index (κ3) is 2.85. The molecule has 0 aliphatic heterocycles. The van der Waals surface area contributed by atoms with Crippen LogP contribution >= 0.6 is 0 Å². The van der Waals surface area contributed by atoms with Crippen LogP contribution in [0.3, 0.4) is 0 Å². The first-order valence-electron chi connectivity index (χ1n) is 5.36. The molecule has 0 aromatic carbocycles. The number of likely N-dealkylation sites (N-methyl/N-ethyl adjacent to an activating group) is 1. The van der Waals surface area contributed by atoms with Crippen LogP contribution in [0.2, 0.25) is 0 Å². The number of nitrogens with zero attached hydrogens (tertiary/aromatic N) is 2. The van der Waals surface area contributed by atoms with Crippen LogP contribution < -0.4 is 16.0 Å². The molecular formula is C11H16N4O. The SMILES string of the molecule is CN(CC(=O)NC1CC1)c1cncc(N)c1. The number of carbonyl (C=O) groups is 1. The molecular weight excluding hydrogens is 204 g/mol. The van der Waals surface area contributed by atoms with E-state index in [-0.39, 0.29) is 5.91 Å². The van der Waals surface area contributed by atoms with Crippen LogP contribution in [-0.4, -0.2) is 30.5 Å². The minimum absolute atomic E-state index is 0.0485. The second kappa shape index (κ2) is 4.38. The number of anilines is 2. The van der Waals surface area contributed by atoms with Crippen LogP contribution in [0.1, 0.15) is 12.8 Å². The summed E-state index contributed by atoms with van der Waals surface area (Å²) in [6.45, 7) is 0.335. The minimum Gasteiger partial charge on any atom is -0.397 e. The normalized spacial score (nSPS) is 14.6. The lowest BCUT2D eigenvalue weighted by molar-refractivity contribution is -0.119. The zero-order valence-corrected chi connectivity index (χ0v) is 9.31. The lowest BCUT2D eigenvalue weighted by Gasteiger charge is -2.18. The van der Waals surface area contributed by atoms with Crippen molar-refractivity contribution in [2.45, 2.75) is 18.9 Å². The largest absolute Gasteiger partial charge is 0.397 e. The molecule has 3 N–H and O–H groups in total. The maximum absolute atomic E-state index is 11.6. The van der Waals surface area contributed by atoms with Gasteiger partial charge >= 0.3 is 0 Å². The second-order valence-corrected chi connectivity index (χ2v) is 4.17. The van der Waals surface area contributed by atoms with Gasteiger partial charge in [-0.1, -0.05) is 0 Å². The van der Waals surface area contributed by atoms with E-state index in [2.05, 4.69) is 10.3 Å². The number of nitrogens with two attached hydrogens (primary N) is 1. The summed E-state index contributed by atoms with van der Waals surface area (Å²) in [4.78, 5) is 17.4. The fourth-order valence-corrected chi connectivity index (χ4v) is 1.46. The highest BCUT2D eigenvalue weighted by Gasteiger charge is 2.23. The van der Waals surface area contributed by atoms with Gasteiger partial charge in [-0.25, -0.2) is 0 Å². The van der Waals surface area contributed by atoms with Crippen molar-refractivity contribution in [3.8, 4) is 0 Å². The Morgan fingerprint density at radius 3 is 3.00 bits per heavy atom. The molecule has 1 amide bonds. The Morgan fingerprint density at radius 2 is 2.38 bits per heavy atom. The first-order valence-corrected chi connectivity index (χ1v) is 5.36. The summed E-state index contributed by atoms with van der Waals surface area (Å²) in [5, 5.41) is 2.94. The average Bonchev–Trinajstić information content (AvgIpc) is 3.01. The molecule has 86 valence electrons. The topological polar surface area (TPSA) is 71.2 Å². The highest BCUT2D eigenvalue weighted by atomic mass is 16.2. The van der Waals surface area contributed by atoms with Gasteiger partial charge in [0.25, 0.3) is 0 Å². The van der Waals surface area contributed by atoms with Crippen molar-refractivity contribution < 1.29 is 4.79 Å². The zero-order chi connectivity index (χ0) is 11.5. The summed E-state index contributed by atoms with van der Waals surface area (Å²) in [7, 11) is 1.85.